The first kappa shape index (κ1) is 21.1. The van der Waals surface area contributed by atoms with Gasteiger partial charge in [0, 0.05) is 37.4 Å². The molecule has 162 valence electrons. The molecule has 1 amide bonds. The van der Waals surface area contributed by atoms with E-state index < -0.39 is 0 Å². The Hall–Kier alpha value is -3.13. The number of hydrogen-bond acceptors (Lipinski definition) is 7. The predicted molar refractivity (Wildman–Crippen MR) is 124 cm³/mol. The zero-order chi connectivity index (χ0) is 21.8. The molecular weight excluding hydrogens is 414 g/mol. The summed E-state index contributed by atoms with van der Waals surface area (Å²) in [5, 5.41) is 0.753. The quantitative estimate of drug-likeness (QED) is 0.661. The van der Waals surface area contributed by atoms with Crippen molar-refractivity contribution in [1.29, 1.82) is 0 Å². The van der Waals surface area contributed by atoms with Gasteiger partial charge in [0.05, 0.1) is 26.2 Å². The van der Waals surface area contributed by atoms with E-state index >= 15 is 0 Å². The molecule has 8 heteroatoms. The summed E-state index contributed by atoms with van der Waals surface area (Å²) in [6.45, 7) is 3.42. The van der Waals surface area contributed by atoms with Gasteiger partial charge >= 0.3 is 0 Å². The molecule has 2 aromatic rings. The number of anilines is 1. The number of thioether (sulfide) groups is 1. The lowest BCUT2D eigenvalue weighted by atomic mass is 10.1. The fourth-order valence-corrected chi connectivity index (χ4v) is 4.66. The average Bonchev–Trinajstić information content (AvgIpc) is 3.19. The highest BCUT2D eigenvalue weighted by molar-refractivity contribution is 8.18. The third-order valence-electron chi connectivity index (χ3n) is 5.30. The van der Waals surface area contributed by atoms with Gasteiger partial charge in [0.1, 0.15) is 0 Å². The van der Waals surface area contributed by atoms with Crippen LogP contribution in [0, 0.1) is 0 Å². The summed E-state index contributed by atoms with van der Waals surface area (Å²) >= 11 is 1.40. The molecule has 2 aliphatic heterocycles. The number of para-hydroxylation sites is 1. The third kappa shape index (κ3) is 4.34. The molecule has 7 nitrogen and oxygen atoms in total. The van der Waals surface area contributed by atoms with Crippen molar-refractivity contribution in [2.45, 2.75) is 0 Å². The van der Waals surface area contributed by atoms with E-state index in [4.69, 9.17) is 14.2 Å². The van der Waals surface area contributed by atoms with Crippen molar-refractivity contribution in [3.63, 3.8) is 0 Å². The summed E-state index contributed by atoms with van der Waals surface area (Å²) in [7, 11) is 4.70. The van der Waals surface area contributed by atoms with E-state index in [0.717, 1.165) is 36.9 Å². The Morgan fingerprint density at radius 3 is 2.19 bits per heavy atom. The number of hydrogen-bond donors (Lipinski definition) is 0. The maximum atomic E-state index is 12.6. The molecule has 0 bridgehead atoms. The van der Waals surface area contributed by atoms with E-state index in [1.54, 1.807) is 33.5 Å². The van der Waals surface area contributed by atoms with Crippen LogP contribution < -0.4 is 19.1 Å². The molecule has 31 heavy (non-hydrogen) atoms. The number of amidine groups is 1. The topological polar surface area (TPSA) is 63.6 Å². The Bertz CT molecular complexity index is 1010. The van der Waals surface area contributed by atoms with Crippen molar-refractivity contribution in [2.75, 3.05) is 52.4 Å². The summed E-state index contributed by atoms with van der Waals surface area (Å²) in [4.78, 5) is 22.0. The van der Waals surface area contributed by atoms with Crippen LogP contribution in [0.2, 0.25) is 0 Å². The standard InChI is InChI=1S/C23H25N3O4S/c1-28-18-10-9-16(20(29-2)21(18)30-3)15-19-22(27)24-23(31-19)26-13-11-25(12-14-26)17-7-5-4-6-8-17/h4-10,15H,11-14H2,1-3H3. The van der Waals surface area contributed by atoms with Crippen LogP contribution in [0.15, 0.2) is 52.4 Å². The van der Waals surface area contributed by atoms with Crippen LogP contribution in [0.5, 0.6) is 17.2 Å². The molecule has 4 rings (SSSR count). The number of amides is 1. The van der Waals surface area contributed by atoms with Crippen LogP contribution in [0.3, 0.4) is 0 Å². The first-order valence-electron chi connectivity index (χ1n) is 10.0. The summed E-state index contributed by atoms with van der Waals surface area (Å²) in [6.07, 6.45) is 1.80. The number of carbonyl (C=O) groups is 1. The average molecular weight is 440 g/mol. The number of aliphatic imine (C=N–C) groups is 1. The number of rotatable bonds is 5. The fraction of sp³-hybridized carbons (Fsp3) is 0.304. The van der Waals surface area contributed by atoms with E-state index in [2.05, 4.69) is 39.1 Å². The summed E-state index contributed by atoms with van der Waals surface area (Å²) < 4.78 is 16.3. The van der Waals surface area contributed by atoms with Gasteiger partial charge in [-0.15, -0.1) is 0 Å². The lowest BCUT2D eigenvalue weighted by Crippen LogP contribution is -2.47. The zero-order valence-electron chi connectivity index (χ0n) is 17.8. The Morgan fingerprint density at radius 1 is 0.871 bits per heavy atom. The molecule has 0 spiro atoms. The fourth-order valence-electron chi connectivity index (χ4n) is 3.71. The van der Waals surface area contributed by atoms with Gasteiger partial charge in [0.2, 0.25) is 5.75 Å². The molecule has 0 atom stereocenters. The predicted octanol–water partition coefficient (Wildman–Crippen LogP) is 3.50. The number of ether oxygens (including phenoxy) is 3. The highest BCUT2D eigenvalue weighted by atomic mass is 32.2. The van der Waals surface area contributed by atoms with Crippen LogP contribution in [0.1, 0.15) is 5.56 Å². The minimum absolute atomic E-state index is 0.234. The molecule has 2 heterocycles. The third-order valence-corrected chi connectivity index (χ3v) is 6.35. The van der Waals surface area contributed by atoms with Crippen molar-refractivity contribution in [3.05, 3.63) is 52.9 Å². The van der Waals surface area contributed by atoms with E-state index in [1.165, 1.54) is 17.4 Å². The van der Waals surface area contributed by atoms with Gasteiger partial charge in [0.25, 0.3) is 5.91 Å². The second-order valence-corrected chi connectivity index (χ2v) is 8.05. The minimum Gasteiger partial charge on any atom is -0.493 e. The van der Waals surface area contributed by atoms with Crippen LogP contribution in [-0.4, -0.2) is 63.5 Å². The first-order chi connectivity index (χ1) is 15.1. The molecule has 0 unspecified atom stereocenters. The molecule has 1 saturated heterocycles. The largest absolute Gasteiger partial charge is 0.493 e. The van der Waals surface area contributed by atoms with Crippen molar-refractivity contribution in [1.82, 2.24) is 4.90 Å². The first-order valence-corrected chi connectivity index (χ1v) is 10.8. The van der Waals surface area contributed by atoms with Crippen LogP contribution in [0.4, 0.5) is 5.69 Å². The lowest BCUT2D eigenvalue weighted by Gasteiger charge is -2.36. The second kappa shape index (κ2) is 9.34. The number of carbonyl (C=O) groups excluding carboxylic acids is 1. The van der Waals surface area contributed by atoms with Gasteiger partial charge in [-0.3, -0.25) is 4.79 Å². The summed E-state index contributed by atoms with van der Waals surface area (Å²) in [5.74, 6) is 1.35. The van der Waals surface area contributed by atoms with Gasteiger partial charge in [-0.2, -0.15) is 4.99 Å². The SMILES string of the molecule is COc1ccc(C=C2SC(N3CCN(c4ccccc4)CC3)=NC2=O)c(OC)c1OC. The summed E-state index contributed by atoms with van der Waals surface area (Å²) in [6, 6.07) is 14.0. The van der Waals surface area contributed by atoms with Gasteiger partial charge in [-0.1, -0.05) is 18.2 Å². The van der Waals surface area contributed by atoms with Gasteiger partial charge in [-0.05, 0) is 42.1 Å². The maximum Gasteiger partial charge on any atom is 0.286 e. The van der Waals surface area contributed by atoms with Gasteiger partial charge in [0.15, 0.2) is 16.7 Å². The maximum absolute atomic E-state index is 12.6. The smallest absolute Gasteiger partial charge is 0.286 e. The van der Waals surface area contributed by atoms with Crippen LogP contribution in [0.25, 0.3) is 6.08 Å². The number of benzene rings is 2. The number of methoxy groups -OCH3 is 3. The van der Waals surface area contributed by atoms with Gasteiger partial charge in [-0.25, -0.2) is 0 Å². The molecule has 1 fully saturated rings. The normalized spacial score (nSPS) is 17.7. The molecule has 0 aromatic heterocycles. The van der Waals surface area contributed by atoms with Crippen molar-refractivity contribution in [2.24, 2.45) is 4.99 Å². The number of piperazine rings is 1. The highest BCUT2D eigenvalue weighted by Crippen LogP contribution is 2.42. The molecule has 0 saturated carbocycles. The molecule has 0 aliphatic carbocycles. The Morgan fingerprint density at radius 2 is 1.55 bits per heavy atom. The molecule has 2 aliphatic rings. The monoisotopic (exact) mass is 439 g/mol. The zero-order valence-corrected chi connectivity index (χ0v) is 18.6. The van der Waals surface area contributed by atoms with Crippen LogP contribution >= 0.6 is 11.8 Å². The van der Waals surface area contributed by atoms with Gasteiger partial charge < -0.3 is 24.0 Å². The molecule has 2 aromatic carbocycles. The van der Waals surface area contributed by atoms with E-state index in [-0.39, 0.29) is 5.91 Å². The number of nitrogens with zero attached hydrogens (tertiary/aromatic N) is 3. The minimum atomic E-state index is -0.234. The summed E-state index contributed by atoms with van der Waals surface area (Å²) in [5.41, 5.74) is 1.96. The molecule has 0 N–H and O–H groups in total. The Kier molecular flexibility index (Phi) is 6.36. The van der Waals surface area contributed by atoms with E-state index in [0.29, 0.717) is 22.2 Å². The molecular formula is C23H25N3O4S. The highest BCUT2D eigenvalue weighted by Gasteiger charge is 2.29. The van der Waals surface area contributed by atoms with Crippen molar-refractivity contribution >= 4 is 34.6 Å². The van der Waals surface area contributed by atoms with Crippen LogP contribution in [-0.2, 0) is 4.79 Å². The Labute approximate surface area is 186 Å². The Balaban J connectivity index is 1.47. The van der Waals surface area contributed by atoms with Crippen molar-refractivity contribution in [3.8, 4) is 17.2 Å². The second-order valence-electron chi connectivity index (χ2n) is 7.04. The van der Waals surface area contributed by atoms with Crippen molar-refractivity contribution < 1.29 is 19.0 Å². The molecule has 0 radical (unpaired) electrons. The van der Waals surface area contributed by atoms with E-state index in [9.17, 15) is 4.79 Å². The van der Waals surface area contributed by atoms with E-state index in [1.807, 2.05) is 12.1 Å². The lowest BCUT2D eigenvalue weighted by molar-refractivity contribution is -0.113.